The molecule has 3 heteroatoms. The van der Waals surface area contributed by atoms with Crippen LogP contribution in [0.15, 0.2) is 53.0 Å². The third-order valence-corrected chi connectivity index (χ3v) is 3.20. The highest BCUT2D eigenvalue weighted by Gasteiger charge is 2.03. The van der Waals surface area contributed by atoms with Crippen LogP contribution >= 0.6 is 15.9 Å². The number of aryl methyl sites for hydroxylation is 1. The number of carbonyl (C=O) groups excluding carboxylic acids is 1. The summed E-state index contributed by atoms with van der Waals surface area (Å²) in [5, 5.41) is 9.68. The van der Waals surface area contributed by atoms with Gasteiger partial charge in [-0.1, -0.05) is 39.7 Å². The summed E-state index contributed by atoms with van der Waals surface area (Å²) in [6.45, 7) is 1.95. The fourth-order valence-corrected chi connectivity index (χ4v) is 2.10. The molecule has 0 fully saturated rings. The van der Waals surface area contributed by atoms with E-state index in [1.54, 1.807) is 30.3 Å². The molecule has 2 aromatic carbocycles. The second kappa shape index (κ2) is 5.85. The molecule has 0 bridgehead atoms. The highest BCUT2D eigenvalue weighted by atomic mass is 79.9. The van der Waals surface area contributed by atoms with E-state index in [4.69, 9.17) is 0 Å². The molecule has 1 N–H and O–H groups in total. The molecule has 0 saturated heterocycles. The van der Waals surface area contributed by atoms with Crippen LogP contribution < -0.4 is 0 Å². The van der Waals surface area contributed by atoms with Crippen molar-refractivity contribution in [1.29, 1.82) is 0 Å². The van der Waals surface area contributed by atoms with Crippen molar-refractivity contribution in [1.82, 2.24) is 0 Å². The van der Waals surface area contributed by atoms with Crippen molar-refractivity contribution in [2.24, 2.45) is 0 Å². The van der Waals surface area contributed by atoms with Crippen molar-refractivity contribution in [2.75, 3.05) is 0 Å². The van der Waals surface area contributed by atoms with Gasteiger partial charge < -0.3 is 5.11 Å². The molecule has 0 aliphatic carbocycles. The average molecular weight is 317 g/mol. The maximum absolute atomic E-state index is 12.0. The summed E-state index contributed by atoms with van der Waals surface area (Å²) >= 11 is 3.33. The highest BCUT2D eigenvalue weighted by Crippen LogP contribution is 2.23. The molecule has 2 nitrogen and oxygen atoms in total. The summed E-state index contributed by atoms with van der Waals surface area (Å²) < 4.78 is 0.855. The molecular weight excluding hydrogens is 304 g/mol. The standard InChI is InChI=1S/C16H13BrO2/c1-11-3-2-4-12(9-11)15(18)7-5-13-10-14(17)6-8-16(13)19/h2-10,19H,1H3. The predicted molar refractivity (Wildman–Crippen MR) is 80.4 cm³/mol. The number of allylic oxidation sites excluding steroid dienone is 1. The number of hydrogen-bond acceptors (Lipinski definition) is 2. The van der Waals surface area contributed by atoms with Gasteiger partial charge in [-0.05, 0) is 43.3 Å². The van der Waals surface area contributed by atoms with E-state index in [2.05, 4.69) is 15.9 Å². The molecule has 0 amide bonds. The quantitative estimate of drug-likeness (QED) is 0.674. The Morgan fingerprint density at radius 3 is 2.74 bits per heavy atom. The molecule has 2 rings (SSSR count). The summed E-state index contributed by atoms with van der Waals surface area (Å²) in [6, 6.07) is 12.5. The number of phenols is 1. The van der Waals surface area contributed by atoms with E-state index in [0.29, 0.717) is 11.1 Å². The van der Waals surface area contributed by atoms with E-state index < -0.39 is 0 Å². The number of rotatable bonds is 3. The first-order valence-corrected chi connectivity index (χ1v) is 6.63. The van der Waals surface area contributed by atoms with Crippen molar-refractivity contribution >= 4 is 27.8 Å². The van der Waals surface area contributed by atoms with Crippen LogP contribution in [0.2, 0.25) is 0 Å². The van der Waals surface area contributed by atoms with E-state index in [1.165, 1.54) is 6.08 Å². The third kappa shape index (κ3) is 3.55. The molecule has 19 heavy (non-hydrogen) atoms. The first-order chi connectivity index (χ1) is 9.06. The van der Waals surface area contributed by atoms with Gasteiger partial charge in [-0.15, -0.1) is 0 Å². The Balaban J connectivity index is 2.23. The largest absolute Gasteiger partial charge is 0.507 e. The lowest BCUT2D eigenvalue weighted by molar-refractivity contribution is 0.104. The maximum atomic E-state index is 12.0. The molecule has 0 saturated carbocycles. The van der Waals surface area contributed by atoms with Gasteiger partial charge in [0.1, 0.15) is 5.75 Å². The lowest BCUT2D eigenvalue weighted by atomic mass is 10.1. The summed E-state index contributed by atoms with van der Waals surface area (Å²) in [7, 11) is 0. The van der Waals surface area contributed by atoms with Crippen LogP contribution in [0.1, 0.15) is 21.5 Å². The lowest BCUT2D eigenvalue weighted by Gasteiger charge is -2.00. The number of benzene rings is 2. The molecular formula is C16H13BrO2. The second-order valence-corrected chi connectivity index (χ2v) is 5.19. The first kappa shape index (κ1) is 13.6. The van der Waals surface area contributed by atoms with Crippen molar-refractivity contribution in [3.05, 3.63) is 69.7 Å². The van der Waals surface area contributed by atoms with Crippen LogP contribution in [0.3, 0.4) is 0 Å². The summed E-state index contributed by atoms with van der Waals surface area (Å²) in [6.07, 6.45) is 3.08. The topological polar surface area (TPSA) is 37.3 Å². The van der Waals surface area contributed by atoms with E-state index >= 15 is 0 Å². The van der Waals surface area contributed by atoms with Gasteiger partial charge in [0, 0.05) is 15.6 Å². The zero-order valence-corrected chi connectivity index (χ0v) is 12.0. The first-order valence-electron chi connectivity index (χ1n) is 5.84. The zero-order chi connectivity index (χ0) is 13.8. The molecule has 2 aromatic rings. The van der Waals surface area contributed by atoms with Gasteiger partial charge in [0.25, 0.3) is 0 Å². The molecule has 0 aliphatic heterocycles. The molecule has 0 aliphatic rings. The number of carbonyl (C=O) groups is 1. The van der Waals surface area contributed by atoms with E-state index in [0.717, 1.165) is 10.0 Å². The van der Waals surface area contributed by atoms with Crippen molar-refractivity contribution in [3.8, 4) is 5.75 Å². The predicted octanol–water partition coefficient (Wildman–Crippen LogP) is 4.36. The van der Waals surface area contributed by atoms with Crippen LogP contribution in [0, 0.1) is 6.92 Å². The van der Waals surface area contributed by atoms with Crippen LogP contribution in [0.25, 0.3) is 6.08 Å². The summed E-state index contributed by atoms with van der Waals surface area (Å²) in [5.41, 5.74) is 2.30. The number of halogens is 1. The normalized spacial score (nSPS) is 10.8. The summed E-state index contributed by atoms with van der Waals surface area (Å²) in [5.74, 6) is 0.0690. The van der Waals surface area contributed by atoms with Crippen molar-refractivity contribution in [2.45, 2.75) is 6.92 Å². The Labute approximate surface area is 120 Å². The SMILES string of the molecule is Cc1cccc(C(=O)C=Cc2cc(Br)ccc2O)c1. The van der Waals surface area contributed by atoms with Crippen molar-refractivity contribution < 1.29 is 9.90 Å². The minimum atomic E-state index is -0.0805. The Morgan fingerprint density at radius 1 is 1.21 bits per heavy atom. The Morgan fingerprint density at radius 2 is 2.00 bits per heavy atom. The number of hydrogen-bond donors (Lipinski definition) is 1. The Bertz CT molecular complexity index is 645. The number of ketones is 1. The van der Waals surface area contributed by atoms with E-state index in [9.17, 15) is 9.90 Å². The van der Waals surface area contributed by atoms with Gasteiger partial charge in [-0.25, -0.2) is 0 Å². The fraction of sp³-hybridized carbons (Fsp3) is 0.0625. The van der Waals surface area contributed by atoms with Crippen LogP contribution in [0.4, 0.5) is 0 Å². The monoisotopic (exact) mass is 316 g/mol. The van der Waals surface area contributed by atoms with E-state index in [1.807, 2.05) is 25.1 Å². The number of phenolic OH excluding ortho intramolecular Hbond substituents is 1. The fourth-order valence-electron chi connectivity index (χ4n) is 1.72. The highest BCUT2D eigenvalue weighted by molar-refractivity contribution is 9.10. The van der Waals surface area contributed by atoms with Crippen LogP contribution in [-0.2, 0) is 0 Å². The molecule has 0 unspecified atom stereocenters. The number of aromatic hydroxyl groups is 1. The minimum absolute atomic E-state index is 0.0805. The van der Waals surface area contributed by atoms with Crippen LogP contribution in [-0.4, -0.2) is 10.9 Å². The minimum Gasteiger partial charge on any atom is -0.507 e. The van der Waals surface area contributed by atoms with E-state index in [-0.39, 0.29) is 11.5 Å². The molecule has 0 radical (unpaired) electrons. The molecule has 0 spiro atoms. The summed E-state index contributed by atoms with van der Waals surface area (Å²) in [4.78, 5) is 12.0. The van der Waals surface area contributed by atoms with Gasteiger partial charge >= 0.3 is 0 Å². The molecule has 96 valence electrons. The van der Waals surface area contributed by atoms with Gasteiger partial charge in [-0.3, -0.25) is 4.79 Å². The average Bonchev–Trinajstić information content (AvgIpc) is 2.39. The smallest absolute Gasteiger partial charge is 0.185 e. The lowest BCUT2D eigenvalue weighted by Crippen LogP contribution is -1.94. The zero-order valence-electron chi connectivity index (χ0n) is 10.4. The van der Waals surface area contributed by atoms with Gasteiger partial charge in [-0.2, -0.15) is 0 Å². The maximum Gasteiger partial charge on any atom is 0.185 e. The molecule has 0 aromatic heterocycles. The van der Waals surface area contributed by atoms with Crippen molar-refractivity contribution in [3.63, 3.8) is 0 Å². The Hall–Kier alpha value is -1.87. The molecule has 0 heterocycles. The van der Waals surface area contributed by atoms with Gasteiger partial charge in [0.15, 0.2) is 5.78 Å². The van der Waals surface area contributed by atoms with Gasteiger partial charge in [0.05, 0.1) is 0 Å². The molecule has 0 atom stereocenters. The van der Waals surface area contributed by atoms with Crippen LogP contribution in [0.5, 0.6) is 5.75 Å². The third-order valence-electron chi connectivity index (χ3n) is 2.71. The Kier molecular flexibility index (Phi) is 4.17. The van der Waals surface area contributed by atoms with Gasteiger partial charge in [0.2, 0.25) is 0 Å². The second-order valence-electron chi connectivity index (χ2n) is 4.27.